The van der Waals surface area contributed by atoms with Gasteiger partial charge in [0.25, 0.3) is 0 Å². The quantitative estimate of drug-likeness (QED) is 0.680. The first-order valence-corrected chi connectivity index (χ1v) is 9.15. The minimum atomic E-state index is -0.395. The third kappa shape index (κ3) is 4.43. The van der Waals surface area contributed by atoms with Crippen molar-refractivity contribution in [2.24, 2.45) is 0 Å². The number of morpholine rings is 1. The average Bonchev–Trinajstić information content (AvgIpc) is 3.19. The highest BCUT2D eigenvalue weighted by Crippen LogP contribution is 2.23. The zero-order chi connectivity index (χ0) is 19.3. The number of oxazole rings is 1. The summed E-state index contributed by atoms with van der Waals surface area (Å²) in [5.41, 5.74) is 1.81. The molecule has 0 aliphatic carbocycles. The van der Waals surface area contributed by atoms with Gasteiger partial charge in [-0.2, -0.15) is 0 Å². The van der Waals surface area contributed by atoms with E-state index in [1.165, 1.54) is 12.1 Å². The Labute approximate surface area is 162 Å². The van der Waals surface area contributed by atoms with Crippen LogP contribution in [0.2, 0.25) is 0 Å². The summed E-state index contributed by atoms with van der Waals surface area (Å²) < 4.78 is 24.6. The van der Waals surface area contributed by atoms with Crippen molar-refractivity contribution < 1.29 is 18.3 Å². The van der Waals surface area contributed by atoms with Crippen molar-refractivity contribution >= 4 is 5.91 Å². The van der Waals surface area contributed by atoms with E-state index in [2.05, 4.69) is 9.97 Å². The van der Waals surface area contributed by atoms with Gasteiger partial charge in [0.1, 0.15) is 11.6 Å². The predicted octanol–water partition coefficient (Wildman–Crippen LogP) is 2.94. The SMILES string of the molecule is O=C(Cc1cccnc1)N1CCO[C@H](c2ncc(Cc3ccc(F)cc3)o2)C1. The molecule has 1 aromatic carbocycles. The lowest BCUT2D eigenvalue weighted by Gasteiger charge is -2.31. The van der Waals surface area contributed by atoms with Crippen molar-refractivity contribution in [2.75, 3.05) is 19.7 Å². The van der Waals surface area contributed by atoms with Crippen molar-refractivity contribution in [3.05, 3.63) is 83.6 Å². The Balaban J connectivity index is 1.38. The number of carbonyl (C=O) groups excluding carboxylic acids is 1. The van der Waals surface area contributed by atoms with Crippen LogP contribution < -0.4 is 0 Å². The summed E-state index contributed by atoms with van der Waals surface area (Å²) in [7, 11) is 0. The molecule has 3 heterocycles. The smallest absolute Gasteiger partial charge is 0.227 e. The number of amides is 1. The first kappa shape index (κ1) is 18.3. The molecule has 0 spiro atoms. The molecule has 0 radical (unpaired) electrons. The van der Waals surface area contributed by atoms with Gasteiger partial charge in [-0.05, 0) is 29.3 Å². The molecule has 144 valence electrons. The van der Waals surface area contributed by atoms with E-state index in [0.717, 1.165) is 11.1 Å². The molecule has 0 saturated carbocycles. The molecule has 4 rings (SSSR count). The number of nitrogens with zero attached hydrogens (tertiary/aromatic N) is 3. The molecule has 1 amide bonds. The summed E-state index contributed by atoms with van der Waals surface area (Å²) in [6.07, 6.45) is 5.47. The number of benzene rings is 1. The summed E-state index contributed by atoms with van der Waals surface area (Å²) in [6.45, 7) is 1.37. The lowest BCUT2D eigenvalue weighted by Crippen LogP contribution is -2.43. The molecular formula is C21H20FN3O3. The molecule has 6 nitrogen and oxygen atoms in total. The number of pyridine rings is 1. The maximum Gasteiger partial charge on any atom is 0.227 e. The summed E-state index contributed by atoms with van der Waals surface area (Å²) in [5, 5.41) is 0. The lowest BCUT2D eigenvalue weighted by atomic mass is 10.1. The van der Waals surface area contributed by atoms with Crippen LogP contribution in [-0.2, 0) is 22.4 Å². The van der Waals surface area contributed by atoms with Crippen LogP contribution in [-0.4, -0.2) is 40.5 Å². The number of carbonyl (C=O) groups is 1. The van der Waals surface area contributed by atoms with Crippen LogP contribution >= 0.6 is 0 Å². The fourth-order valence-electron chi connectivity index (χ4n) is 3.17. The Kier molecular flexibility index (Phi) is 5.43. The van der Waals surface area contributed by atoms with E-state index in [1.54, 1.807) is 35.6 Å². The van der Waals surface area contributed by atoms with Gasteiger partial charge in [0.15, 0.2) is 6.10 Å². The van der Waals surface area contributed by atoms with Crippen molar-refractivity contribution in [3.63, 3.8) is 0 Å². The Hall–Kier alpha value is -3.06. The molecule has 3 aromatic rings. The van der Waals surface area contributed by atoms with Gasteiger partial charge >= 0.3 is 0 Å². The number of ether oxygens (including phenoxy) is 1. The molecule has 1 atom stereocenters. The van der Waals surface area contributed by atoms with Crippen molar-refractivity contribution in [3.8, 4) is 0 Å². The Bertz CT molecular complexity index is 928. The van der Waals surface area contributed by atoms with Crippen LogP contribution in [0.1, 0.15) is 28.9 Å². The lowest BCUT2D eigenvalue weighted by molar-refractivity contribution is -0.139. The standard InChI is InChI=1S/C21H20FN3O3/c22-17-5-3-15(4-6-17)10-18-13-24-21(28-18)19-14-25(8-9-27-19)20(26)11-16-2-1-7-23-12-16/h1-7,12-13,19H,8-11,14H2/t19-/m0/s1. The highest BCUT2D eigenvalue weighted by molar-refractivity contribution is 5.78. The molecule has 0 unspecified atom stereocenters. The van der Waals surface area contributed by atoms with Crippen molar-refractivity contribution in [1.82, 2.24) is 14.9 Å². The topological polar surface area (TPSA) is 68.5 Å². The van der Waals surface area contributed by atoms with Gasteiger partial charge in [-0.1, -0.05) is 18.2 Å². The van der Waals surface area contributed by atoms with Gasteiger partial charge < -0.3 is 14.1 Å². The molecule has 7 heteroatoms. The number of aromatic nitrogens is 2. The molecular weight excluding hydrogens is 361 g/mol. The molecule has 1 aliphatic heterocycles. The van der Waals surface area contributed by atoms with E-state index < -0.39 is 6.10 Å². The summed E-state index contributed by atoms with van der Waals surface area (Å²) in [5.74, 6) is 0.882. The van der Waals surface area contributed by atoms with E-state index in [1.807, 2.05) is 12.1 Å². The highest BCUT2D eigenvalue weighted by Gasteiger charge is 2.28. The molecule has 2 aromatic heterocycles. The van der Waals surface area contributed by atoms with E-state index in [-0.39, 0.29) is 11.7 Å². The average molecular weight is 381 g/mol. The van der Waals surface area contributed by atoms with Gasteiger partial charge in [0.05, 0.1) is 25.8 Å². The van der Waals surface area contributed by atoms with E-state index in [0.29, 0.717) is 44.2 Å². The third-order valence-corrected chi connectivity index (χ3v) is 4.64. The monoisotopic (exact) mass is 381 g/mol. The number of hydrogen-bond acceptors (Lipinski definition) is 5. The highest BCUT2D eigenvalue weighted by atomic mass is 19.1. The second kappa shape index (κ2) is 8.31. The van der Waals surface area contributed by atoms with Gasteiger partial charge in [-0.3, -0.25) is 9.78 Å². The van der Waals surface area contributed by atoms with Gasteiger partial charge in [-0.25, -0.2) is 9.37 Å². The Morgan fingerprint density at radius 1 is 1.18 bits per heavy atom. The Morgan fingerprint density at radius 2 is 2.04 bits per heavy atom. The van der Waals surface area contributed by atoms with Gasteiger partial charge in [0.2, 0.25) is 11.8 Å². The second-order valence-electron chi connectivity index (χ2n) is 6.71. The van der Waals surface area contributed by atoms with E-state index in [9.17, 15) is 9.18 Å². The zero-order valence-corrected chi connectivity index (χ0v) is 15.3. The molecule has 0 bridgehead atoms. The first-order valence-electron chi connectivity index (χ1n) is 9.15. The van der Waals surface area contributed by atoms with Crippen LogP contribution in [0.15, 0.2) is 59.4 Å². The normalized spacial score (nSPS) is 16.9. The van der Waals surface area contributed by atoms with Gasteiger partial charge in [0, 0.05) is 25.4 Å². The fourth-order valence-corrected chi connectivity index (χ4v) is 3.17. The van der Waals surface area contributed by atoms with Crippen LogP contribution in [0.4, 0.5) is 4.39 Å². The van der Waals surface area contributed by atoms with Crippen LogP contribution in [0.5, 0.6) is 0 Å². The minimum Gasteiger partial charge on any atom is -0.442 e. The Morgan fingerprint density at radius 3 is 2.82 bits per heavy atom. The predicted molar refractivity (Wildman–Crippen MR) is 98.9 cm³/mol. The maximum absolute atomic E-state index is 13.0. The van der Waals surface area contributed by atoms with Crippen molar-refractivity contribution in [1.29, 1.82) is 0 Å². The number of hydrogen-bond donors (Lipinski definition) is 0. The molecule has 1 saturated heterocycles. The van der Waals surface area contributed by atoms with Crippen LogP contribution in [0.3, 0.4) is 0 Å². The van der Waals surface area contributed by atoms with E-state index in [4.69, 9.17) is 9.15 Å². The first-order chi connectivity index (χ1) is 13.7. The maximum atomic E-state index is 13.0. The van der Waals surface area contributed by atoms with Crippen molar-refractivity contribution in [2.45, 2.75) is 18.9 Å². The van der Waals surface area contributed by atoms with Crippen LogP contribution in [0, 0.1) is 5.82 Å². The number of halogens is 1. The van der Waals surface area contributed by atoms with Gasteiger partial charge in [-0.15, -0.1) is 0 Å². The van der Waals surface area contributed by atoms with E-state index >= 15 is 0 Å². The molecule has 0 N–H and O–H groups in total. The minimum absolute atomic E-state index is 0.0272. The zero-order valence-electron chi connectivity index (χ0n) is 15.3. The summed E-state index contributed by atoms with van der Waals surface area (Å²) in [6, 6.07) is 9.98. The molecule has 1 fully saturated rings. The fraction of sp³-hybridized carbons (Fsp3) is 0.286. The largest absolute Gasteiger partial charge is 0.442 e. The summed E-state index contributed by atoms with van der Waals surface area (Å²) in [4.78, 5) is 22.7. The molecule has 28 heavy (non-hydrogen) atoms. The van der Waals surface area contributed by atoms with Crippen LogP contribution in [0.25, 0.3) is 0 Å². The second-order valence-corrected chi connectivity index (χ2v) is 6.71. The molecule has 1 aliphatic rings. The number of rotatable bonds is 5. The summed E-state index contributed by atoms with van der Waals surface area (Å²) >= 11 is 0. The third-order valence-electron chi connectivity index (χ3n) is 4.64.